The van der Waals surface area contributed by atoms with Crippen LogP contribution in [0.2, 0.25) is 0 Å². The molecule has 2 heterocycles. The molecule has 0 radical (unpaired) electrons. The van der Waals surface area contributed by atoms with Crippen LogP contribution in [-0.4, -0.2) is 27.5 Å². The minimum absolute atomic E-state index is 0. The van der Waals surface area contributed by atoms with Crippen LogP contribution in [0.15, 0.2) is 24.4 Å². The van der Waals surface area contributed by atoms with Gasteiger partial charge in [0.05, 0.1) is 22.8 Å². The fourth-order valence-electron chi connectivity index (χ4n) is 2.57. The van der Waals surface area contributed by atoms with Gasteiger partial charge in [0, 0.05) is 12.2 Å². The Labute approximate surface area is 131 Å². The molecule has 4 nitrogen and oxygen atoms in total. The zero-order chi connectivity index (χ0) is 14.3. The summed E-state index contributed by atoms with van der Waals surface area (Å²) in [7, 11) is 0. The molecule has 0 amide bonds. The second-order valence-corrected chi connectivity index (χ2v) is 5.97. The van der Waals surface area contributed by atoms with E-state index in [-0.39, 0.29) is 30.2 Å². The number of halogens is 1. The zero-order valence-corrected chi connectivity index (χ0v) is 13.5. The predicted molar refractivity (Wildman–Crippen MR) is 86.5 cm³/mol. The minimum atomic E-state index is -0.145. The summed E-state index contributed by atoms with van der Waals surface area (Å²) >= 11 is 0. The Balaban J connectivity index is 0.00000161. The normalized spacial score (nSPS) is 16.0. The smallest absolute Gasteiger partial charge is 0.183 e. The molecular formula is C16H22ClN3O. The third-order valence-electron chi connectivity index (χ3n) is 3.82. The molecule has 0 spiro atoms. The van der Waals surface area contributed by atoms with Gasteiger partial charge in [0.25, 0.3) is 0 Å². The maximum atomic E-state index is 12.8. The molecule has 1 aliphatic carbocycles. The van der Waals surface area contributed by atoms with Crippen molar-refractivity contribution < 1.29 is 4.79 Å². The van der Waals surface area contributed by atoms with Crippen molar-refractivity contribution in [3.8, 4) is 0 Å². The van der Waals surface area contributed by atoms with E-state index in [9.17, 15) is 4.79 Å². The van der Waals surface area contributed by atoms with Gasteiger partial charge in [0.1, 0.15) is 0 Å². The molecule has 1 unspecified atom stereocenters. The van der Waals surface area contributed by atoms with Crippen molar-refractivity contribution in [3.05, 3.63) is 35.7 Å². The van der Waals surface area contributed by atoms with Crippen molar-refractivity contribution in [3.63, 3.8) is 0 Å². The van der Waals surface area contributed by atoms with Crippen molar-refractivity contribution in [1.82, 2.24) is 14.9 Å². The zero-order valence-electron chi connectivity index (χ0n) is 12.7. The average molecular weight is 308 g/mol. The Kier molecular flexibility index (Phi) is 4.69. The number of fused-ring (bicyclic) bond motifs is 1. The number of hydrogen-bond donors (Lipinski definition) is 1. The van der Waals surface area contributed by atoms with Gasteiger partial charge in [0.15, 0.2) is 5.78 Å². The fraction of sp³-hybridized carbons (Fsp3) is 0.500. The van der Waals surface area contributed by atoms with Crippen LogP contribution in [-0.2, 0) is 0 Å². The molecule has 114 valence electrons. The van der Waals surface area contributed by atoms with Gasteiger partial charge in [-0.05, 0) is 37.8 Å². The summed E-state index contributed by atoms with van der Waals surface area (Å²) < 4.78 is 1.81. The van der Waals surface area contributed by atoms with Crippen molar-refractivity contribution >= 4 is 23.7 Å². The van der Waals surface area contributed by atoms with Gasteiger partial charge in [-0.15, -0.1) is 12.4 Å². The van der Waals surface area contributed by atoms with E-state index in [2.05, 4.69) is 24.3 Å². The van der Waals surface area contributed by atoms with Crippen LogP contribution in [0.1, 0.15) is 55.6 Å². The fourth-order valence-corrected chi connectivity index (χ4v) is 2.57. The van der Waals surface area contributed by atoms with E-state index in [1.807, 2.05) is 35.8 Å². The Morgan fingerprint density at radius 1 is 1.33 bits per heavy atom. The number of pyridine rings is 1. The molecule has 1 N–H and O–H groups in total. The van der Waals surface area contributed by atoms with Gasteiger partial charge in [-0.3, -0.25) is 4.79 Å². The summed E-state index contributed by atoms with van der Waals surface area (Å²) in [6, 6.07) is 6.24. The van der Waals surface area contributed by atoms with Crippen LogP contribution in [0.4, 0.5) is 0 Å². The van der Waals surface area contributed by atoms with Gasteiger partial charge >= 0.3 is 0 Å². The van der Waals surface area contributed by atoms with E-state index < -0.39 is 0 Å². The summed E-state index contributed by atoms with van der Waals surface area (Å²) in [6.07, 6.45) is 4.27. The summed E-state index contributed by atoms with van der Waals surface area (Å²) in [5.74, 6) is 0.392. The highest BCUT2D eigenvalue weighted by Gasteiger charge is 2.29. The summed E-state index contributed by atoms with van der Waals surface area (Å²) in [4.78, 5) is 12.8. The Bertz CT molecular complexity index is 646. The van der Waals surface area contributed by atoms with Gasteiger partial charge in [0.2, 0.25) is 0 Å². The minimum Gasteiger partial charge on any atom is -0.305 e. The highest BCUT2D eigenvalue weighted by Crippen LogP contribution is 2.25. The van der Waals surface area contributed by atoms with Crippen molar-refractivity contribution in [2.24, 2.45) is 0 Å². The highest BCUT2D eigenvalue weighted by molar-refractivity contribution is 6.06. The van der Waals surface area contributed by atoms with E-state index in [4.69, 9.17) is 0 Å². The number of Topliss-reactive ketones (excluding diaryl/α,β-unsaturated/α-hetero) is 1. The molecular weight excluding hydrogens is 286 g/mol. The van der Waals surface area contributed by atoms with Crippen molar-refractivity contribution in [1.29, 1.82) is 0 Å². The number of ketones is 1. The molecule has 1 aliphatic rings. The Hall–Kier alpha value is -1.39. The molecule has 3 rings (SSSR count). The van der Waals surface area contributed by atoms with E-state index in [1.165, 1.54) is 12.8 Å². The van der Waals surface area contributed by atoms with Crippen LogP contribution in [0.25, 0.3) is 5.52 Å². The first-order valence-corrected chi connectivity index (χ1v) is 7.35. The molecule has 0 aliphatic heterocycles. The van der Waals surface area contributed by atoms with Gasteiger partial charge in [-0.25, -0.2) is 4.52 Å². The molecule has 2 aromatic rings. The summed E-state index contributed by atoms with van der Waals surface area (Å²) in [6.45, 7) is 6.12. The lowest BCUT2D eigenvalue weighted by molar-refractivity contribution is 0.0950. The Morgan fingerprint density at radius 3 is 2.67 bits per heavy atom. The van der Waals surface area contributed by atoms with Gasteiger partial charge < -0.3 is 5.32 Å². The first-order valence-electron chi connectivity index (χ1n) is 7.35. The monoisotopic (exact) mass is 307 g/mol. The number of hydrogen-bond acceptors (Lipinski definition) is 3. The third-order valence-corrected chi connectivity index (χ3v) is 3.82. The van der Waals surface area contributed by atoms with E-state index >= 15 is 0 Å². The van der Waals surface area contributed by atoms with E-state index in [0.717, 1.165) is 16.8 Å². The third kappa shape index (κ3) is 3.11. The van der Waals surface area contributed by atoms with Crippen molar-refractivity contribution in [2.75, 3.05) is 0 Å². The first-order chi connectivity index (χ1) is 9.58. The molecule has 0 saturated heterocycles. The van der Waals surface area contributed by atoms with Gasteiger partial charge in [-0.2, -0.15) is 5.10 Å². The second-order valence-electron chi connectivity index (χ2n) is 5.97. The average Bonchev–Trinajstić information content (AvgIpc) is 3.15. The number of nitrogens with zero attached hydrogens (tertiary/aromatic N) is 2. The maximum Gasteiger partial charge on any atom is 0.183 e. The molecule has 0 bridgehead atoms. The van der Waals surface area contributed by atoms with E-state index in [1.54, 1.807) is 0 Å². The number of carbonyl (C=O) groups is 1. The molecule has 2 aromatic heterocycles. The lowest BCUT2D eigenvalue weighted by atomic mass is 9.98. The van der Waals surface area contributed by atoms with Gasteiger partial charge in [-0.1, -0.05) is 19.9 Å². The van der Waals surface area contributed by atoms with Crippen LogP contribution in [0.3, 0.4) is 0 Å². The molecule has 1 fully saturated rings. The molecule has 1 saturated carbocycles. The Morgan fingerprint density at radius 2 is 2.05 bits per heavy atom. The van der Waals surface area contributed by atoms with Crippen molar-refractivity contribution in [2.45, 2.75) is 51.6 Å². The predicted octanol–water partition coefficient (Wildman–Crippen LogP) is 3.20. The number of nitrogens with one attached hydrogen (secondary N) is 1. The van der Waals surface area contributed by atoms with Crippen LogP contribution in [0, 0.1) is 0 Å². The number of rotatable bonds is 5. The van der Waals surface area contributed by atoms with E-state index in [0.29, 0.717) is 6.04 Å². The highest BCUT2D eigenvalue weighted by atomic mass is 35.5. The molecule has 0 aromatic carbocycles. The molecule has 5 heteroatoms. The summed E-state index contributed by atoms with van der Waals surface area (Å²) in [5, 5.41) is 7.96. The topological polar surface area (TPSA) is 46.4 Å². The lowest BCUT2D eigenvalue weighted by Gasteiger charge is -2.13. The lowest BCUT2D eigenvalue weighted by Crippen LogP contribution is -2.35. The quantitative estimate of drug-likeness (QED) is 0.863. The number of aromatic nitrogens is 2. The maximum absolute atomic E-state index is 12.8. The standard InChI is InChI=1S/C16H21N3O.ClH/c1-10(2)15-14(13-6-4-5-9-19(13)18-15)16(20)11(3)17-12-7-8-12;/h4-6,9-12,17H,7-8H2,1-3H3;1H. The van der Waals surface area contributed by atoms with Crippen LogP contribution >= 0.6 is 12.4 Å². The largest absolute Gasteiger partial charge is 0.305 e. The number of carbonyl (C=O) groups excluding carboxylic acids is 1. The molecule has 21 heavy (non-hydrogen) atoms. The summed E-state index contributed by atoms with van der Waals surface area (Å²) in [5.41, 5.74) is 2.58. The second kappa shape index (κ2) is 6.16. The van der Waals surface area contributed by atoms with Crippen LogP contribution in [0.5, 0.6) is 0 Å². The first kappa shape index (κ1) is 16.0. The van der Waals surface area contributed by atoms with Crippen LogP contribution < -0.4 is 5.32 Å². The SMILES string of the molecule is CC(NC1CC1)C(=O)c1c(C(C)C)nn2ccccc12.Cl. The molecule has 1 atom stereocenters.